The van der Waals surface area contributed by atoms with E-state index < -0.39 is 11.4 Å². The van der Waals surface area contributed by atoms with Gasteiger partial charge < -0.3 is 10.4 Å². The fourth-order valence-electron chi connectivity index (χ4n) is 1.80. The summed E-state index contributed by atoms with van der Waals surface area (Å²) in [6, 6.07) is 6.51. The number of carbonyl (C=O) groups is 2. The van der Waals surface area contributed by atoms with Crippen molar-refractivity contribution in [3.63, 3.8) is 0 Å². The molecule has 0 saturated heterocycles. The van der Waals surface area contributed by atoms with Gasteiger partial charge in [-0.1, -0.05) is 25.4 Å². The van der Waals surface area contributed by atoms with Gasteiger partial charge in [-0.15, -0.1) is 0 Å². The monoisotopic (exact) mass is 294 g/mol. The van der Waals surface area contributed by atoms with E-state index >= 15 is 0 Å². The van der Waals surface area contributed by atoms with E-state index in [9.17, 15) is 9.59 Å². The van der Waals surface area contributed by atoms with Gasteiger partial charge in [0.25, 0.3) is 0 Å². The molecule has 1 rings (SSSR count). The zero-order valence-electron chi connectivity index (χ0n) is 11.2. The second kappa shape index (κ2) is 6.40. The molecule has 0 fully saturated rings. The highest BCUT2D eigenvalue weighted by Crippen LogP contribution is 2.26. The van der Waals surface area contributed by atoms with Gasteiger partial charge >= 0.3 is 5.97 Å². The molecular weight excluding hydrogens is 280 g/mol. The summed E-state index contributed by atoms with van der Waals surface area (Å²) in [7, 11) is 0. The van der Waals surface area contributed by atoms with Crippen molar-refractivity contribution in [2.24, 2.45) is 5.41 Å². The Balaban J connectivity index is 2.72. The van der Waals surface area contributed by atoms with Crippen LogP contribution >= 0.6 is 11.6 Å². The number of nitrogens with one attached hydrogen (secondary N) is 1. The Kier molecular flexibility index (Phi) is 5.12. The predicted molar refractivity (Wildman–Crippen MR) is 75.4 cm³/mol. The first kappa shape index (κ1) is 16.0. The SMILES string of the molecule is CC(C)(CC(=O)O)CC(=O)Nc1ccc(Cl)c(C#N)c1. The van der Waals surface area contributed by atoms with E-state index in [4.69, 9.17) is 22.0 Å². The molecule has 1 aromatic carbocycles. The summed E-state index contributed by atoms with van der Waals surface area (Å²) in [6.45, 7) is 3.42. The van der Waals surface area contributed by atoms with Crippen LogP contribution in [0.1, 0.15) is 32.3 Å². The van der Waals surface area contributed by atoms with Crippen molar-refractivity contribution in [2.45, 2.75) is 26.7 Å². The fourth-order valence-corrected chi connectivity index (χ4v) is 1.96. The maximum Gasteiger partial charge on any atom is 0.303 e. The first-order valence-corrected chi connectivity index (χ1v) is 6.32. The number of amides is 1. The van der Waals surface area contributed by atoms with Crippen molar-refractivity contribution in [2.75, 3.05) is 5.32 Å². The standard InChI is InChI=1S/C14H15ClN2O3/c1-14(2,7-13(19)20)6-12(18)17-10-3-4-11(15)9(5-10)8-16/h3-5H,6-7H2,1-2H3,(H,17,18)(H,19,20). The van der Waals surface area contributed by atoms with Gasteiger partial charge in [-0.05, 0) is 23.6 Å². The van der Waals surface area contributed by atoms with Crippen LogP contribution in [0.25, 0.3) is 0 Å². The number of carboxylic acids is 1. The molecule has 6 heteroatoms. The van der Waals surface area contributed by atoms with Gasteiger partial charge in [0.15, 0.2) is 0 Å². The average molecular weight is 295 g/mol. The van der Waals surface area contributed by atoms with Crippen LogP contribution in [0.15, 0.2) is 18.2 Å². The van der Waals surface area contributed by atoms with Crippen molar-refractivity contribution < 1.29 is 14.7 Å². The zero-order chi connectivity index (χ0) is 15.3. The minimum absolute atomic E-state index is 0.0732. The molecule has 5 nitrogen and oxygen atoms in total. The van der Waals surface area contributed by atoms with Gasteiger partial charge in [0, 0.05) is 12.1 Å². The van der Waals surface area contributed by atoms with Crippen LogP contribution in [0.3, 0.4) is 0 Å². The second-order valence-electron chi connectivity index (χ2n) is 5.27. The number of benzene rings is 1. The van der Waals surface area contributed by atoms with Crippen LogP contribution in [0.2, 0.25) is 5.02 Å². The molecule has 0 aromatic heterocycles. The van der Waals surface area contributed by atoms with E-state index in [-0.39, 0.29) is 24.3 Å². The molecule has 0 unspecified atom stereocenters. The Bertz CT molecular complexity index is 576. The number of hydrogen-bond donors (Lipinski definition) is 2. The largest absolute Gasteiger partial charge is 0.481 e. The minimum Gasteiger partial charge on any atom is -0.481 e. The molecule has 106 valence electrons. The van der Waals surface area contributed by atoms with Crippen LogP contribution in [0.4, 0.5) is 5.69 Å². The van der Waals surface area contributed by atoms with E-state index in [0.717, 1.165) is 0 Å². The third kappa shape index (κ3) is 4.90. The van der Waals surface area contributed by atoms with Crippen LogP contribution in [0.5, 0.6) is 0 Å². The summed E-state index contributed by atoms with van der Waals surface area (Å²) in [6.07, 6.45) is -0.0195. The summed E-state index contributed by atoms with van der Waals surface area (Å²) in [5, 5.41) is 20.6. The maximum atomic E-state index is 11.9. The van der Waals surface area contributed by atoms with Gasteiger partial charge in [-0.3, -0.25) is 9.59 Å². The van der Waals surface area contributed by atoms with Crippen LogP contribution in [-0.2, 0) is 9.59 Å². The number of carbonyl (C=O) groups excluding carboxylic acids is 1. The highest BCUT2D eigenvalue weighted by Gasteiger charge is 2.25. The molecule has 0 saturated carbocycles. The number of anilines is 1. The molecule has 2 N–H and O–H groups in total. The molecule has 20 heavy (non-hydrogen) atoms. The smallest absolute Gasteiger partial charge is 0.303 e. The van der Waals surface area contributed by atoms with Gasteiger partial charge in [0.2, 0.25) is 5.91 Å². The summed E-state index contributed by atoms with van der Waals surface area (Å²) in [5.74, 6) is -1.25. The molecule has 0 heterocycles. The minimum atomic E-state index is -0.943. The number of rotatable bonds is 5. The highest BCUT2D eigenvalue weighted by atomic mass is 35.5. The molecule has 0 atom stereocenters. The van der Waals surface area contributed by atoms with Crippen LogP contribution < -0.4 is 5.32 Å². The maximum absolute atomic E-state index is 11.9. The molecule has 0 radical (unpaired) electrons. The normalized spacial score (nSPS) is 10.7. The molecule has 0 bridgehead atoms. The molecular formula is C14H15ClN2O3. The lowest BCUT2D eigenvalue weighted by atomic mass is 9.85. The van der Waals surface area contributed by atoms with Crippen LogP contribution in [0, 0.1) is 16.7 Å². The Hall–Kier alpha value is -2.06. The lowest BCUT2D eigenvalue weighted by Crippen LogP contribution is -2.24. The van der Waals surface area contributed by atoms with Crippen molar-refractivity contribution in [3.05, 3.63) is 28.8 Å². The zero-order valence-corrected chi connectivity index (χ0v) is 12.0. The Morgan fingerprint density at radius 2 is 2.05 bits per heavy atom. The number of nitrogens with zero attached hydrogens (tertiary/aromatic N) is 1. The van der Waals surface area contributed by atoms with Gasteiger partial charge in [-0.25, -0.2) is 0 Å². The number of carboxylic acid groups (broad SMARTS) is 1. The number of hydrogen-bond acceptors (Lipinski definition) is 3. The molecule has 1 amide bonds. The van der Waals surface area contributed by atoms with Crippen molar-refractivity contribution in [1.29, 1.82) is 5.26 Å². The second-order valence-corrected chi connectivity index (χ2v) is 5.67. The summed E-state index contributed by atoms with van der Waals surface area (Å²) >= 11 is 5.80. The lowest BCUT2D eigenvalue weighted by Gasteiger charge is -2.21. The molecule has 0 aliphatic rings. The summed E-state index contributed by atoms with van der Waals surface area (Å²) in [5.41, 5.74) is 0.0942. The van der Waals surface area contributed by atoms with Crippen molar-refractivity contribution in [3.8, 4) is 6.07 Å². The Morgan fingerprint density at radius 1 is 1.40 bits per heavy atom. The van der Waals surface area contributed by atoms with E-state index in [1.165, 1.54) is 12.1 Å². The van der Waals surface area contributed by atoms with Gasteiger partial charge in [-0.2, -0.15) is 5.26 Å². The molecule has 1 aromatic rings. The fraction of sp³-hybridized carbons (Fsp3) is 0.357. The van der Waals surface area contributed by atoms with Gasteiger partial charge in [0.05, 0.1) is 17.0 Å². The number of halogens is 1. The third-order valence-corrected chi connectivity index (χ3v) is 2.97. The third-order valence-electron chi connectivity index (χ3n) is 2.64. The van der Waals surface area contributed by atoms with Crippen molar-refractivity contribution in [1.82, 2.24) is 0 Å². The van der Waals surface area contributed by atoms with Gasteiger partial charge in [0.1, 0.15) is 6.07 Å². The molecule has 0 spiro atoms. The Labute approximate surface area is 122 Å². The topological polar surface area (TPSA) is 90.2 Å². The number of aliphatic carboxylic acids is 1. The average Bonchev–Trinajstić information content (AvgIpc) is 2.28. The molecule has 0 aliphatic heterocycles. The quantitative estimate of drug-likeness (QED) is 0.873. The first-order chi connectivity index (χ1) is 9.23. The van der Waals surface area contributed by atoms with E-state index in [2.05, 4.69) is 5.32 Å². The summed E-state index contributed by atoms with van der Waals surface area (Å²) in [4.78, 5) is 22.6. The predicted octanol–water partition coefficient (Wildman–Crippen LogP) is 3.04. The summed E-state index contributed by atoms with van der Waals surface area (Å²) < 4.78 is 0. The highest BCUT2D eigenvalue weighted by molar-refractivity contribution is 6.31. The van der Waals surface area contributed by atoms with E-state index in [1.54, 1.807) is 19.9 Å². The Morgan fingerprint density at radius 3 is 2.60 bits per heavy atom. The van der Waals surface area contributed by atoms with E-state index in [1.807, 2.05) is 6.07 Å². The van der Waals surface area contributed by atoms with E-state index in [0.29, 0.717) is 10.7 Å². The molecule has 0 aliphatic carbocycles. The van der Waals surface area contributed by atoms with Crippen LogP contribution in [-0.4, -0.2) is 17.0 Å². The first-order valence-electron chi connectivity index (χ1n) is 5.95. The lowest BCUT2D eigenvalue weighted by molar-refractivity contribution is -0.139. The number of nitriles is 1. The van der Waals surface area contributed by atoms with Crippen molar-refractivity contribution >= 4 is 29.2 Å².